The normalized spacial score (nSPS) is 13.2. The second kappa shape index (κ2) is 6.36. The van der Waals surface area contributed by atoms with Crippen LogP contribution in [0.3, 0.4) is 0 Å². The number of nitrogens with one attached hydrogen (secondary N) is 1. The molecule has 21 heavy (non-hydrogen) atoms. The molecule has 0 aromatic heterocycles. The van der Waals surface area contributed by atoms with Gasteiger partial charge >= 0.3 is 6.18 Å². The summed E-state index contributed by atoms with van der Waals surface area (Å²) in [5.41, 5.74) is 1.56. The van der Waals surface area contributed by atoms with E-state index in [1.807, 2.05) is 25.1 Å². The second-order valence-corrected chi connectivity index (χ2v) is 5.86. The molecule has 0 fully saturated rings. The maximum Gasteiger partial charge on any atom is 0.416 e. The van der Waals surface area contributed by atoms with Crippen LogP contribution in [0, 0.1) is 10.5 Å². The van der Waals surface area contributed by atoms with Crippen LogP contribution in [-0.4, -0.2) is 7.05 Å². The van der Waals surface area contributed by atoms with E-state index in [1.54, 1.807) is 13.1 Å². The number of rotatable bonds is 3. The lowest BCUT2D eigenvalue weighted by molar-refractivity contribution is -0.138. The van der Waals surface area contributed by atoms with Crippen LogP contribution in [0.15, 0.2) is 42.5 Å². The van der Waals surface area contributed by atoms with Gasteiger partial charge in [-0.05, 0) is 59.3 Å². The van der Waals surface area contributed by atoms with Gasteiger partial charge in [0.1, 0.15) is 0 Å². The summed E-state index contributed by atoms with van der Waals surface area (Å²) in [6, 6.07) is 10.9. The summed E-state index contributed by atoms with van der Waals surface area (Å²) >= 11 is 2.18. The monoisotopic (exact) mass is 405 g/mol. The van der Waals surface area contributed by atoms with Crippen molar-refractivity contribution in [2.75, 3.05) is 7.05 Å². The fraction of sp³-hybridized carbons (Fsp3) is 0.250. The predicted molar refractivity (Wildman–Crippen MR) is 86.2 cm³/mol. The quantitative estimate of drug-likeness (QED) is 0.715. The molecule has 0 heterocycles. The highest BCUT2D eigenvalue weighted by Gasteiger charge is 2.35. The fourth-order valence-electron chi connectivity index (χ4n) is 2.38. The third-order valence-electron chi connectivity index (χ3n) is 3.40. The average molecular weight is 405 g/mol. The van der Waals surface area contributed by atoms with Crippen LogP contribution < -0.4 is 5.32 Å². The van der Waals surface area contributed by atoms with Crippen LogP contribution in [0.25, 0.3) is 0 Å². The van der Waals surface area contributed by atoms with E-state index in [2.05, 4.69) is 27.9 Å². The number of halogens is 4. The summed E-state index contributed by atoms with van der Waals surface area (Å²) in [5, 5.41) is 3.01. The molecule has 112 valence electrons. The van der Waals surface area contributed by atoms with Gasteiger partial charge in [0, 0.05) is 3.57 Å². The smallest absolute Gasteiger partial charge is 0.309 e. The number of aryl methyl sites for hydroxylation is 1. The van der Waals surface area contributed by atoms with Crippen molar-refractivity contribution in [2.45, 2.75) is 19.1 Å². The summed E-state index contributed by atoms with van der Waals surface area (Å²) in [6.45, 7) is 1.95. The van der Waals surface area contributed by atoms with Crippen molar-refractivity contribution >= 4 is 22.6 Å². The van der Waals surface area contributed by atoms with E-state index in [0.29, 0.717) is 0 Å². The summed E-state index contributed by atoms with van der Waals surface area (Å²) in [6.07, 6.45) is -4.36. The van der Waals surface area contributed by atoms with Crippen molar-refractivity contribution in [3.05, 3.63) is 68.3 Å². The Morgan fingerprint density at radius 2 is 1.62 bits per heavy atom. The molecule has 0 saturated heterocycles. The zero-order chi connectivity index (χ0) is 15.6. The zero-order valence-corrected chi connectivity index (χ0v) is 13.8. The highest BCUT2D eigenvalue weighted by molar-refractivity contribution is 14.1. The Balaban J connectivity index is 2.60. The minimum absolute atomic E-state index is 0.246. The number of hydrogen-bond donors (Lipinski definition) is 1. The first-order valence-electron chi connectivity index (χ1n) is 6.44. The predicted octanol–water partition coefficient (Wildman–Crippen LogP) is 4.93. The second-order valence-electron chi connectivity index (χ2n) is 4.78. The molecule has 1 N–H and O–H groups in total. The Morgan fingerprint density at radius 3 is 2.24 bits per heavy atom. The lowest BCUT2D eigenvalue weighted by Crippen LogP contribution is -2.23. The van der Waals surface area contributed by atoms with Gasteiger partial charge < -0.3 is 5.32 Å². The summed E-state index contributed by atoms with van der Waals surface area (Å²) in [4.78, 5) is 0. The molecule has 2 rings (SSSR count). The minimum atomic E-state index is -4.36. The fourth-order valence-corrected chi connectivity index (χ4v) is 3.05. The van der Waals surface area contributed by atoms with Gasteiger partial charge in [-0.1, -0.05) is 36.4 Å². The van der Waals surface area contributed by atoms with Gasteiger partial charge in [-0.3, -0.25) is 0 Å². The zero-order valence-electron chi connectivity index (χ0n) is 11.6. The molecule has 0 radical (unpaired) electrons. The Kier molecular flexibility index (Phi) is 4.93. The van der Waals surface area contributed by atoms with Gasteiger partial charge in [-0.2, -0.15) is 13.2 Å². The molecule has 2 aromatic carbocycles. The van der Waals surface area contributed by atoms with E-state index in [1.165, 1.54) is 12.1 Å². The molecule has 0 bridgehead atoms. The minimum Gasteiger partial charge on any atom is -0.309 e. The lowest BCUT2D eigenvalue weighted by atomic mass is 9.93. The van der Waals surface area contributed by atoms with Gasteiger partial charge in [-0.25, -0.2) is 0 Å². The first kappa shape index (κ1) is 16.3. The van der Waals surface area contributed by atoms with Crippen LogP contribution in [0.4, 0.5) is 13.2 Å². The molecule has 0 spiro atoms. The SMILES string of the molecule is CNC(c1ccccc1C(F)(F)F)c1cccc(C)c1I. The molecule has 1 unspecified atom stereocenters. The average Bonchev–Trinajstić information content (AvgIpc) is 2.44. The Hall–Kier alpha value is -1.08. The van der Waals surface area contributed by atoms with Crippen LogP contribution in [-0.2, 0) is 6.18 Å². The third-order valence-corrected chi connectivity index (χ3v) is 4.87. The molecule has 2 aromatic rings. The first-order chi connectivity index (χ1) is 9.86. The standard InChI is InChI=1S/C16H15F3IN/c1-10-6-5-8-12(14(10)20)15(21-2)11-7-3-4-9-13(11)16(17,18)19/h3-9,15,21H,1-2H3. The van der Waals surface area contributed by atoms with E-state index in [0.717, 1.165) is 20.8 Å². The Morgan fingerprint density at radius 1 is 1.00 bits per heavy atom. The highest BCUT2D eigenvalue weighted by atomic mass is 127. The van der Waals surface area contributed by atoms with Crippen LogP contribution in [0.5, 0.6) is 0 Å². The summed E-state index contributed by atoms with van der Waals surface area (Å²) < 4.78 is 40.6. The van der Waals surface area contributed by atoms with Crippen molar-refractivity contribution in [3.63, 3.8) is 0 Å². The molecular formula is C16H15F3IN. The van der Waals surface area contributed by atoms with Gasteiger partial charge in [0.15, 0.2) is 0 Å². The molecule has 0 saturated carbocycles. The van der Waals surface area contributed by atoms with E-state index >= 15 is 0 Å². The summed E-state index contributed by atoms with van der Waals surface area (Å²) in [7, 11) is 1.68. The van der Waals surface area contributed by atoms with E-state index in [-0.39, 0.29) is 5.56 Å². The van der Waals surface area contributed by atoms with Crippen LogP contribution >= 0.6 is 22.6 Å². The van der Waals surface area contributed by atoms with Crippen molar-refractivity contribution in [1.82, 2.24) is 5.32 Å². The molecule has 5 heteroatoms. The summed E-state index contributed by atoms with van der Waals surface area (Å²) in [5.74, 6) is 0. The van der Waals surface area contributed by atoms with Gasteiger partial charge in [0.25, 0.3) is 0 Å². The lowest BCUT2D eigenvalue weighted by Gasteiger charge is -2.23. The Labute approximate surface area is 135 Å². The van der Waals surface area contributed by atoms with E-state index < -0.39 is 17.8 Å². The highest BCUT2D eigenvalue weighted by Crippen LogP contribution is 2.37. The van der Waals surface area contributed by atoms with Crippen LogP contribution in [0.2, 0.25) is 0 Å². The van der Waals surface area contributed by atoms with Crippen LogP contribution in [0.1, 0.15) is 28.3 Å². The number of benzene rings is 2. The van der Waals surface area contributed by atoms with Crippen molar-refractivity contribution in [1.29, 1.82) is 0 Å². The maximum absolute atomic E-state index is 13.2. The number of hydrogen-bond acceptors (Lipinski definition) is 1. The number of alkyl halides is 3. The van der Waals surface area contributed by atoms with Crippen molar-refractivity contribution in [3.8, 4) is 0 Å². The molecule has 0 amide bonds. The topological polar surface area (TPSA) is 12.0 Å². The van der Waals surface area contributed by atoms with E-state index in [9.17, 15) is 13.2 Å². The van der Waals surface area contributed by atoms with E-state index in [4.69, 9.17) is 0 Å². The maximum atomic E-state index is 13.2. The molecule has 0 aliphatic rings. The van der Waals surface area contributed by atoms with Crippen molar-refractivity contribution < 1.29 is 13.2 Å². The van der Waals surface area contributed by atoms with Gasteiger partial charge in [0.05, 0.1) is 11.6 Å². The third kappa shape index (κ3) is 3.40. The molecule has 1 nitrogen and oxygen atoms in total. The largest absolute Gasteiger partial charge is 0.416 e. The Bertz CT molecular complexity index is 638. The molecule has 0 aliphatic heterocycles. The van der Waals surface area contributed by atoms with Gasteiger partial charge in [-0.15, -0.1) is 0 Å². The molecule has 1 atom stereocenters. The van der Waals surface area contributed by atoms with Crippen molar-refractivity contribution in [2.24, 2.45) is 0 Å². The van der Waals surface area contributed by atoms with Gasteiger partial charge in [0.2, 0.25) is 0 Å². The molecule has 0 aliphatic carbocycles. The molecular weight excluding hydrogens is 390 g/mol. The first-order valence-corrected chi connectivity index (χ1v) is 7.52.